The number of benzene rings is 1. The SMILES string of the molecule is CC(C)c1ccc(NC(=O)Nc2ccco2)cc1. The van der Waals surface area contributed by atoms with E-state index in [1.165, 1.54) is 11.8 Å². The molecular weight excluding hydrogens is 228 g/mol. The highest BCUT2D eigenvalue weighted by molar-refractivity contribution is 5.98. The molecule has 0 bridgehead atoms. The Morgan fingerprint density at radius 1 is 1.11 bits per heavy atom. The summed E-state index contributed by atoms with van der Waals surface area (Å²) in [5, 5.41) is 5.33. The molecule has 1 aromatic heterocycles. The molecule has 0 radical (unpaired) electrons. The van der Waals surface area contributed by atoms with Crippen molar-refractivity contribution in [1.29, 1.82) is 0 Å². The molecule has 0 unspecified atom stereocenters. The van der Waals surface area contributed by atoms with Crippen LogP contribution in [0.1, 0.15) is 25.3 Å². The van der Waals surface area contributed by atoms with Gasteiger partial charge in [-0.15, -0.1) is 0 Å². The summed E-state index contributed by atoms with van der Waals surface area (Å²) in [6.45, 7) is 4.26. The van der Waals surface area contributed by atoms with E-state index in [2.05, 4.69) is 24.5 Å². The van der Waals surface area contributed by atoms with Crippen LogP contribution in [0, 0.1) is 0 Å². The number of hydrogen-bond acceptors (Lipinski definition) is 2. The third-order valence-corrected chi connectivity index (χ3v) is 2.59. The van der Waals surface area contributed by atoms with Crippen LogP contribution >= 0.6 is 0 Å². The van der Waals surface area contributed by atoms with Gasteiger partial charge in [-0.05, 0) is 29.7 Å². The lowest BCUT2D eigenvalue weighted by atomic mass is 10.0. The summed E-state index contributed by atoms with van der Waals surface area (Å²) in [6.07, 6.45) is 1.51. The van der Waals surface area contributed by atoms with Gasteiger partial charge in [-0.2, -0.15) is 0 Å². The Kier molecular flexibility index (Phi) is 3.67. The topological polar surface area (TPSA) is 54.3 Å². The van der Waals surface area contributed by atoms with Gasteiger partial charge in [-0.3, -0.25) is 5.32 Å². The van der Waals surface area contributed by atoms with Gasteiger partial charge in [0.1, 0.15) is 0 Å². The summed E-state index contributed by atoms with van der Waals surface area (Å²) in [5.41, 5.74) is 2.00. The van der Waals surface area contributed by atoms with Crippen LogP contribution in [0.4, 0.5) is 16.4 Å². The van der Waals surface area contributed by atoms with Gasteiger partial charge in [0.05, 0.1) is 6.26 Å². The highest BCUT2D eigenvalue weighted by atomic mass is 16.3. The molecule has 0 aliphatic heterocycles. The second kappa shape index (κ2) is 5.40. The normalized spacial score (nSPS) is 10.4. The van der Waals surface area contributed by atoms with Crippen LogP contribution in [0.3, 0.4) is 0 Å². The first-order chi connectivity index (χ1) is 8.65. The van der Waals surface area contributed by atoms with Crippen molar-refractivity contribution in [3.8, 4) is 0 Å². The number of carbonyl (C=O) groups is 1. The van der Waals surface area contributed by atoms with E-state index in [4.69, 9.17) is 4.42 Å². The minimum atomic E-state index is -0.317. The maximum atomic E-state index is 11.6. The molecule has 0 aliphatic carbocycles. The Hall–Kier alpha value is -2.23. The van der Waals surface area contributed by atoms with Crippen molar-refractivity contribution >= 4 is 17.6 Å². The zero-order valence-corrected chi connectivity index (χ0v) is 10.4. The number of furan rings is 1. The molecule has 0 spiro atoms. The van der Waals surface area contributed by atoms with Crippen molar-refractivity contribution in [2.75, 3.05) is 10.6 Å². The van der Waals surface area contributed by atoms with Crippen LogP contribution in [0.2, 0.25) is 0 Å². The number of carbonyl (C=O) groups excluding carboxylic acids is 1. The van der Waals surface area contributed by atoms with Gasteiger partial charge < -0.3 is 9.73 Å². The molecule has 4 nitrogen and oxygen atoms in total. The molecule has 4 heteroatoms. The first-order valence-electron chi connectivity index (χ1n) is 5.86. The fourth-order valence-corrected chi connectivity index (χ4v) is 1.58. The predicted octanol–water partition coefficient (Wildman–Crippen LogP) is 4.05. The average Bonchev–Trinajstić information content (AvgIpc) is 2.82. The van der Waals surface area contributed by atoms with Gasteiger partial charge in [0, 0.05) is 11.8 Å². The van der Waals surface area contributed by atoms with E-state index < -0.39 is 0 Å². The second-order valence-electron chi connectivity index (χ2n) is 4.33. The molecule has 2 amide bonds. The Morgan fingerprint density at radius 2 is 1.83 bits per heavy atom. The number of nitrogens with one attached hydrogen (secondary N) is 2. The van der Waals surface area contributed by atoms with Gasteiger partial charge in [0.15, 0.2) is 0 Å². The van der Waals surface area contributed by atoms with Crippen molar-refractivity contribution in [3.63, 3.8) is 0 Å². The van der Waals surface area contributed by atoms with Gasteiger partial charge in [0.2, 0.25) is 5.88 Å². The maximum absolute atomic E-state index is 11.6. The highest BCUT2D eigenvalue weighted by Crippen LogP contribution is 2.17. The molecular formula is C14H16N2O2. The number of rotatable bonds is 3. The molecule has 94 valence electrons. The molecule has 2 aromatic rings. The van der Waals surface area contributed by atoms with E-state index in [1.807, 2.05) is 24.3 Å². The van der Waals surface area contributed by atoms with Crippen LogP contribution in [0.25, 0.3) is 0 Å². The molecule has 0 aliphatic rings. The number of urea groups is 1. The summed E-state index contributed by atoms with van der Waals surface area (Å²) in [6, 6.07) is 10.9. The molecule has 1 aromatic carbocycles. The molecule has 18 heavy (non-hydrogen) atoms. The van der Waals surface area contributed by atoms with E-state index >= 15 is 0 Å². The summed E-state index contributed by atoms with van der Waals surface area (Å²) in [5.74, 6) is 0.905. The monoisotopic (exact) mass is 244 g/mol. The fourth-order valence-electron chi connectivity index (χ4n) is 1.58. The second-order valence-corrected chi connectivity index (χ2v) is 4.33. The first-order valence-corrected chi connectivity index (χ1v) is 5.86. The van der Waals surface area contributed by atoms with E-state index in [0.717, 1.165) is 5.69 Å². The predicted molar refractivity (Wildman–Crippen MR) is 71.9 cm³/mol. The van der Waals surface area contributed by atoms with E-state index in [1.54, 1.807) is 12.1 Å². The summed E-state index contributed by atoms with van der Waals surface area (Å²) >= 11 is 0. The quantitative estimate of drug-likeness (QED) is 0.855. The minimum absolute atomic E-state index is 0.317. The van der Waals surface area contributed by atoms with Crippen molar-refractivity contribution in [2.45, 2.75) is 19.8 Å². The van der Waals surface area contributed by atoms with E-state index in [0.29, 0.717) is 11.8 Å². The zero-order valence-electron chi connectivity index (χ0n) is 10.4. The van der Waals surface area contributed by atoms with Crippen molar-refractivity contribution < 1.29 is 9.21 Å². The highest BCUT2D eigenvalue weighted by Gasteiger charge is 2.04. The van der Waals surface area contributed by atoms with Crippen LogP contribution in [0.5, 0.6) is 0 Å². The van der Waals surface area contributed by atoms with Crippen LogP contribution in [-0.4, -0.2) is 6.03 Å². The largest absolute Gasteiger partial charge is 0.449 e. The van der Waals surface area contributed by atoms with Crippen molar-refractivity contribution in [2.24, 2.45) is 0 Å². The van der Waals surface area contributed by atoms with E-state index in [9.17, 15) is 4.79 Å². The van der Waals surface area contributed by atoms with Gasteiger partial charge in [-0.25, -0.2) is 4.79 Å². The number of hydrogen-bond donors (Lipinski definition) is 2. The van der Waals surface area contributed by atoms with Gasteiger partial charge in [0.25, 0.3) is 0 Å². The molecule has 0 fully saturated rings. The minimum Gasteiger partial charge on any atom is -0.449 e. The lowest BCUT2D eigenvalue weighted by Crippen LogP contribution is -2.18. The molecule has 0 atom stereocenters. The third-order valence-electron chi connectivity index (χ3n) is 2.59. The van der Waals surface area contributed by atoms with Gasteiger partial charge >= 0.3 is 6.03 Å². The Bertz CT molecular complexity index is 501. The Balaban J connectivity index is 1.95. The number of anilines is 2. The average molecular weight is 244 g/mol. The summed E-state index contributed by atoms with van der Waals surface area (Å²) in [7, 11) is 0. The Morgan fingerprint density at radius 3 is 2.39 bits per heavy atom. The standard InChI is InChI=1S/C14H16N2O2/c1-10(2)11-5-7-12(8-6-11)15-14(17)16-13-4-3-9-18-13/h3-10H,1-2H3,(H2,15,16,17). The summed E-state index contributed by atoms with van der Waals surface area (Å²) < 4.78 is 5.02. The molecule has 0 saturated heterocycles. The maximum Gasteiger partial charge on any atom is 0.326 e. The van der Waals surface area contributed by atoms with Crippen LogP contribution < -0.4 is 10.6 Å². The van der Waals surface area contributed by atoms with Crippen LogP contribution in [-0.2, 0) is 0 Å². The molecule has 2 rings (SSSR count). The fraction of sp³-hybridized carbons (Fsp3) is 0.214. The van der Waals surface area contributed by atoms with Crippen molar-refractivity contribution in [3.05, 3.63) is 48.2 Å². The third kappa shape index (κ3) is 3.13. The Labute approximate surface area is 106 Å². The molecule has 0 saturated carbocycles. The lowest BCUT2D eigenvalue weighted by molar-refractivity contribution is 0.261. The van der Waals surface area contributed by atoms with Crippen LogP contribution in [0.15, 0.2) is 47.1 Å². The lowest BCUT2D eigenvalue weighted by Gasteiger charge is -2.08. The smallest absolute Gasteiger partial charge is 0.326 e. The van der Waals surface area contributed by atoms with Gasteiger partial charge in [-0.1, -0.05) is 26.0 Å². The molecule has 1 heterocycles. The summed E-state index contributed by atoms with van der Waals surface area (Å²) in [4.78, 5) is 11.6. The van der Waals surface area contributed by atoms with E-state index in [-0.39, 0.29) is 6.03 Å². The van der Waals surface area contributed by atoms with Crippen molar-refractivity contribution in [1.82, 2.24) is 0 Å². The molecule has 2 N–H and O–H groups in total. The first kappa shape index (κ1) is 12.2. The number of amides is 2. The zero-order chi connectivity index (χ0) is 13.0.